The van der Waals surface area contributed by atoms with Gasteiger partial charge in [0.15, 0.2) is 5.78 Å². The van der Waals surface area contributed by atoms with E-state index in [0.717, 1.165) is 19.6 Å². The first kappa shape index (κ1) is 14.3. The minimum atomic E-state index is -0.147. The van der Waals surface area contributed by atoms with E-state index in [1.807, 2.05) is 14.1 Å². The molecule has 0 aliphatic carbocycles. The van der Waals surface area contributed by atoms with Gasteiger partial charge in [-0.3, -0.25) is 9.69 Å². The second-order valence-corrected chi connectivity index (χ2v) is 5.40. The molecular weight excluding hydrogens is 264 g/mol. The highest BCUT2D eigenvalue weighted by molar-refractivity contribution is 6.31. The molecule has 1 aliphatic heterocycles. The summed E-state index contributed by atoms with van der Waals surface area (Å²) in [5.74, 6) is 0.643. The van der Waals surface area contributed by atoms with Gasteiger partial charge in [-0.25, -0.2) is 0 Å². The average molecular weight is 283 g/mol. The predicted molar refractivity (Wildman–Crippen MR) is 76.2 cm³/mol. The molecule has 1 atom stereocenters. The maximum Gasteiger partial charge on any atom is 0.185 e. The smallest absolute Gasteiger partial charge is 0.185 e. The summed E-state index contributed by atoms with van der Waals surface area (Å²) in [5, 5.41) is 0.552. The molecule has 19 heavy (non-hydrogen) atoms. The Hall–Kier alpha value is -1.10. The van der Waals surface area contributed by atoms with Crippen LogP contribution in [0.15, 0.2) is 18.2 Å². The van der Waals surface area contributed by atoms with Gasteiger partial charge in [-0.05, 0) is 32.3 Å². The van der Waals surface area contributed by atoms with Crippen molar-refractivity contribution in [1.82, 2.24) is 9.80 Å². The zero-order valence-corrected chi connectivity index (χ0v) is 12.3. The van der Waals surface area contributed by atoms with E-state index in [9.17, 15) is 4.79 Å². The molecule has 1 aliphatic rings. The molecule has 1 aromatic rings. The summed E-state index contributed by atoms with van der Waals surface area (Å²) in [6.45, 7) is 2.59. The molecule has 0 saturated carbocycles. The molecule has 5 heteroatoms. The average Bonchev–Trinajstić information content (AvgIpc) is 2.40. The number of benzene rings is 1. The van der Waals surface area contributed by atoms with Gasteiger partial charge in [0.05, 0.1) is 18.7 Å². The molecule has 0 N–H and O–H groups in total. The molecule has 1 fully saturated rings. The summed E-state index contributed by atoms with van der Waals surface area (Å²) >= 11 is 5.99. The number of methoxy groups -OCH3 is 1. The van der Waals surface area contributed by atoms with Crippen LogP contribution in [0.5, 0.6) is 5.75 Å². The minimum absolute atomic E-state index is 0.0633. The largest absolute Gasteiger partial charge is 0.496 e. The van der Waals surface area contributed by atoms with Gasteiger partial charge in [0, 0.05) is 24.7 Å². The Kier molecular flexibility index (Phi) is 4.45. The summed E-state index contributed by atoms with van der Waals surface area (Å²) in [5.41, 5.74) is 0.558. The fourth-order valence-electron chi connectivity index (χ4n) is 2.35. The lowest BCUT2D eigenvalue weighted by Crippen LogP contribution is -2.53. The van der Waals surface area contributed by atoms with Gasteiger partial charge in [-0.15, -0.1) is 0 Å². The molecule has 2 rings (SSSR count). The normalized spacial score (nSPS) is 21.4. The Morgan fingerprint density at radius 2 is 2.11 bits per heavy atom. The van der Waals surface area contributed by atoms with Crippen LogP contribution >= 0.6 is 11.6 Å². The Morgan fingerprint density at radius 1 is 1.37 bits per heavy atom. The van der Waals surface area contributed by atoms with E-state index < -0.39 is 0 Å². The lowest BCUT2D eigenvalue weighted by Gasteiger charge is -2.36. The summed E-state index contributed by atoms with van der Waals surface area (Å²) in [4.78, 5) is 16.9. The first-order valence-electron chi connectivity index (χ1n) is 6.29. The molecule has 1 saturated heterocycles. The van der Waals surface area contributed by atoms with E-state index in [1.54, 1.807) is 25.3 Å². The Morgan fingerprint density at radius 3 is 2.79 bits per heavy atom. The number of ether oxygens (including phenoxy) is 1. The Labute approximate surface area is 118 Å². The lowest BCUT2D eigenvalue weighted by molar-refractivity contribution is 0.0683. The molecule has 1 unspecified atom stereocenters. The summed E-state index contributed by atoms with van der Waals surface area (Å²) in [6, 6.07) is 5.01. The van der Waals surface area contributed by atoms with Crippen molar-refractivity contribution < 1.29 is 9.53 Å². The molecule has 0 amide bonds. The van der Waals surface area contributed by atoms with Crippen molar-refractivity contribution in [3.8, 4) is 5.75 Å². The first-order chi connectivity index (χ1) is 9.02. The number of ketones is 1. The van der Waals surface area contributed by atoms with Crippen LogP contribution in [0.4, 0.5) is 0 Å². The number of carbonyl (C=O) groups excluding carboxylic acids is 1. The standard InChI is InChI=1S/C14H19ClN2O2/c1-16-6-7-17(2)12(9-16)14(18)11-8-10(15)4-5-13(11)19-3/h4-5,8,12H,6-7,9H2,1-3H3. The first-order valence-corrected chi connectivity index (χ1v) is 6.67. The zero-order valence-electron chi connectivity index (χ0n) is 11.5. The van der Waals surface area contributed by atoms with Crippen molar-refractivity contribution in [3.63, 3.8) is 0 Å². The van der Waals surface area contributed by atoms with Crippen molar-refractivity contribution in [2.45, 2.75) is 6.04 Å². The molecule has 0 aromatic heterocycles. The van der Waals surface area contributed by atoms with E-state index in [2.05, 4.69) is 9.80 Å². The van der Waals surface area contributed by atoms with E-state index in [1.165, 1.54) is 0 Å². The summed E-state index contributed by atoms with van der Waals surface area (Å²) in [6.07, 6.45) is 0. The number of piperazine rings is 1. The molecule has 1 heterocycles. The lowest BCUT2D eigenvalue weighted by atomic mass is 10.00. The van der Waals surface area contributed by atoms with Crippen LogP contribution in [0, 0.1) is 0 Å². The van der Waals surface area contributed by atoms with Crippen LogP contribution < -0.4 is 4.74 Å². The number of likely N-dealkylation sites (N-methyl/N-ethyl adjacent to an activating group) is 2. The van der Waals surface area contributed by atoms with Crippen LogP contribution in [0.1, 0.15) is 10.4 Å². The maximum absolute atomic E-state index is 12.7. The molecule has 1 aromatic carbocycles. The number of hydrogen-bond donors (Lipinski definition) is 0. The van der Waals surface area contributed by atoms with E-state index in [0.29, 0.717) is 16.3 Å². The summed E-state index contributed by atoms with van der Waals surface area (Å²) in [7, 11) is 5.58. The van der Waals surface area contributed by atoms with Gasteiger partial charge in [0.25, 0.3) is 0 Å². The third-order valence-corrected chi connectivity index (χ3v) is 3.82. The number of carbonyl (C=O) groups is 1. The number of Topliss-reactive ketones (excluding diaryl/α,β-unsaturated/α-hetero) is 1. The van der Waals surface area contributed by atoms with Crippen molar-refractivity contribution in [3.05, 3.63) is 28.8 Å². The number of rotatable bonds is 3. The molecular formula is C14H19ClN2O2. The van der Waals surface area contributed by atoms with Gasteiger partial charge in [0.1, 0.15) is 5.75 Å². The van der Waals surface area contributed by atoms with Crippen molar-refractivity contribution in [2.75, 3.05) is 40.8 Å². The second kappa shape index (κ2) is 5.90. The molecule has 0 radical (unpaired) electrons. The van der Waals surface area contributed by atoms with Crippen LogP contribution in [0.2, 0.25) is 5.02 Å². The van der Waals surface area contributed by atoms with Crippen LogP contribution in [0.3, 0.4) is 0 Å². The monoisotopic (exact) mass is 282 g/mol. The molecule has 104 valence electrons. The number of hydrogen-bond acceptors (Lipinski definition) is 4. The van der Waals surface area contributed by atoms with Crippen molar-refractivity contribution >= 4 is 17.4 Å². The fourth-order valence-corrected chi connectivity index (χ4v) is 2.52. The molecule has 4 nitrogen and oxygen atoms in total. The number of halogens is 1. The highest BCUT2D eigenvalue weighted by Crippen LogP contribution is 2.25. The fraction of sp³-hybridized carbons (Fsp3) is 0.500. The second-order valence-electron chi connectivity index (χ2n) is 4.97. The van der Waals surface area contributed by atoms with E-state index >= 15 is 0 Å². The van der Waals surface area contributed by atoms with Crippen LogP contribution in [0.25, 0.3) is 0 Å². The molecule has 0 bridgehead atoms. The minimum Gasteiger partial charge on any atom is -0.496 e. The van der Waals surface area contributed by atoms with Gasteiger partial charge in [0.2, 0.25) is 0 Å². The zero-order chi connectivity index (χ0) is 14.0. The van der Waals surface area contributed by atoms with Gasteiger partial charge >= 0.3 is 0 Å². The quantitative estimate of drug-likeness (QED) is 0.791. The summed E-state index contributed by atoms with van der Waals surface area (Å²) < 4.78 is 5.26. The number of nitrogens with zero attached hydrogens (tertiary/aromatic N) is 2. The van der Waals surface area contributed by atoms with Gasteiger partial charge < -0.3 is 9.64 Å². The van der Waals surface area contributed by atoms with Crippen molar-refractivity contribution in [1.29, 1.82) is 0 Å². The topological polar surface area (TPSA) is 32.8 Å². The predicted octanol–water partition coefficient (Wildman–Crippen LogP) is 1.78. The third-order valence-electron chi connectivity index (χ3n) is 3.58. The third kappa shape index (κ3) is 3.08. The highest BCUT2D eigenvalue weighted by Gasteiger charge is 2.30. The van der Waals surface area contributed by atoms with Crippen LogP contribution in [-0.4, -0.2) is 62.5 Å². The van der Waals surface area contributed by atoms with E-state index in [-0.39, 0.29) is 11.8 Å². The van der Waals surface area contributed by atoms with Crippen molar-refractivity contribution in [2.24, 2.45) is 0 Å². The maximum atomic E-state index is 12.7. The Balaban J connectivity index is 2.30. The highest BCUT2D eigenvalue weighted by atomic mass is 35.5. The molecule has 0 spiro atoms. The SMILES string of the molecule is COc1ccc(Cl)cc1C(=O)C1CN(C)CCN1C. The van der Waals surface area contributed by atoms with Gasteiger partial charge in [-0.1, -0.05) is 11.6 Å². The van der Waals surface area contributed by atoms with Gasteiger partial charge in [-0.2, -0.15) is 0 Å². The van der Waals surface area contributed by atoms with E-state index in [4.69, 9.17) is 16.3 Å². The Bertz CT molecular complexity index is 479. The van der Waals surface area contributed by atoms with Crippen LogP contribution in [-0.2, 0) is 0 Å².